The van der Waals surface area contributed by atoms with Crippen LogP contribution in [0.3, 0.4) is 0 Å². The molecule has 1 aromatic heterocycles. The molecule has 0 aliphatic carbocycles. The fraction of sp³-hybridized carbons (Fsp3) is 0.154. The molecule has 3 heteroatoms. The first-order chi connectivity index (χ1) is 7.72. The molecule has 82 valence electrons. The summed E-state index contributed by atoms with van der Waals surface area (Å²) in [4.78, 5) is 11.6. The number of amides is 1. The van der Waals surface area contributed by atoms with Crippen LogP contribution in [-0.4, -0.2) is 12.5 Å². The zero-order chi connectivity index (χ0) is 11.5. The number of hydrogen-bond acceptors (Lipinski definition) is 2. The van der Waals surface area contributed by atoms with Crippen LogP contribution in [0.4, 0.5) is 0 Å². The molecule has 0 saturated heterocycles. The first-order valence-corrected chi connectivity index (χ1v) is 5.10. The smallest absolute Gasteiger partial charge is 0.287 e. The maximum Gasteiger partial charge on any atom is 0.287 e. The minimum atomic E-state index is -0.212. The molecule has 0 saturated carbocycles. The molecule has 2 rings (SSSR count). The van der Waals surface area contributed by atoms with E-state index < -0.39 is 0 Å². The predicted octanol–water partition coefficient (Wildman–Crippen LogP) is 2.66. The summed E-state index contributed by atoms with van der Waals surface area (Å²) in [7, 11) is 0. The largest absolute Gasteiger partial charge is 0.451 e. The molecule has 0 aliphatic rings. The Morgan fingerprint density at radius 2 is 2.38 bits per heavy atom. The van der Waals surface area contributed by atoms with Gasteiger partial charge in [0.25, 0.3) is 5.91 Å². The molecule has 1 N–H and O–H groups in total. The Morgan fingerprint density at radius 3 is 3.06 bits per heavy atom. The monoisotopic (exact) mass is 215 g/mol. The van der Waals surface area contributed by atoms with E-state index in [0.29, 0.717) is 12.3 Å². The summed E-state index contributed by atoms with van der Waals surface area (Å²) < 4.78 is 5.51. The van der Waals surface area contributed by atoms with Crippen molar-refractivity contribution in [3.05, 3.63) is 48.2 Å². The molecule has 1 amide bonds. The quantitative estimate of drug-likeness (QED) is 0.800. The molecule has 3 nitrogen and oxygen atoms in total. The zero-order valence-electron chi connectivity index (χ0n) is 9.12. The fourth-order valence-corrected chi connectivity index (χ4v) is 1.57. The standard InChI is InChI=1S/C13H13NO2/c1-3-7-14-13(15)11-8-10-6-4-5-9(2)12(10)16-11/h3-6,8H,1,7H2,2H3,(H,14,15). The van der Waals surface area contributed by atoms with E-state index in [0.717, 1.165) is 16.5 Å². The number of furan rings is 1. The highest BCUT2D eigenvalue weighted by molar-refractivity contribution is 5.96. The van der Waals surface area contributed by atoms with Crippen molar-refractivity contribution >= 4 is 16.9 Å². The van der Waals surface area contributed by atoms with Crippen molar-refractivity contribution in [3.63, 3.8) is 0 Å². The van der Waals surface area contributed by atoms with Gasteiger partial charge in [0.1, 0.15) is 5.58 Å². The topological polar surface area (TPSA) is 42.2 Å². The summed E-state index contributed by atoms with van der Waals surface area (Å²) in [6.45, 7) is 5.93. The van der Waals surface area contributed by atoms with E-state index in [9.17, 15) is 4.79 Å². The first-order valence-electron chi connectivity index (χ1n) is 5.10. The van der Waals surface area contributed by atoms with Crippen LogP contribution in [0, 0.1) is 6.92 Å². The van der Waals surface area contributed by atoms with Crippen molar-refractivity contribution in [2.24, 2.45) is 0 Å². The van der Waals surface area contributed by atoms with Gasteiger partial charge in [-0.1, -0.05) is 24.3 Å². The average molecular weight is 215 g/mol. The minimum absolute atomic E-state index is 0.212. The van der Waals surface area contributed by atoms with Crippen LogP contribution in [0.1, 0.15) is 16.1 Å². The fourth-order valence-electron chi connectivity index (χ4n) is 1.57. The summed E-state index contributed by atoms with van der Waals surface area (Å²) in [6.07, 6.45) is 1.63. The predicted molar refractivity (Wildman–Crippen MR) is 63.5 cm³/mol. The Morgan fingerprint density at radius 1 is 1.56 bits per heavy atom. The van der Waals surface area contributed by atoms with Crippen molar-refractivity contribution in [1.29, 1.82) is 0 Å². The van der Waals surface area contributed by atoms with E-state index in [4.69, 9.17) is 4.42 Å². The highest BCUT2D eigenvalue weighted by Gasteiger charge is 2.11. The number of carbonyl (C=O) groups excluding carboxylic acids is 1. The minimum Gasteiger partial charge on any atom is -0.451 e. The lowest BCUT2D eigenvalue weighted by atomic mass is 10.2. The van der Waals surface area contributed by atoms with Gasteiger partial charge >= 0.3 is 0 Å². The second-order valence-corrected chi connectivity index (χ2v) is 3.60. The SMILES string of the molecule is C=CCNC(=O)c1cc2cccc(C)c2o1. The number of nitrogens with one attached hydrogen (secondary N) is 1. The molecule has 0 fully saturated rings. The number of benzene rings is 1. The number of carbonyl (C=O) groups is 1. The van der Waals surface area contributed by atoms with Crippen LogP contribution in [0.5, 0.6) is 0 Å². The van der Waals surface area contributed by atoms with Gasteiger partial charge in [0, 0.05) is 11.9 Å². The van der Waals surface area contributed by atoms with Crippen LogP contribution in [0.2, 0.25) is 0 Å². The van der Waals surface area contributed by atoms with E-state index in [1.807, 2.05) is 25.1 Å². The maximum atomic E-state index is 11.6. The summed E-state index contributed by atoms with van der Waals surface area (Å²) in [5.41, 5.74) is 1.80. The molecule has 1 aromatic carbocycles. The Kier molecular flexibility index (Phi) is 2.77. The lowest BCUT2D eigenvalue weighted by Crippen LogP contribution is -2.22. The Labute approximate surface area is 93.8 Å². The van der Waals surface area contributed by atoms with Gasteiger partial charge in [-0.05, 0) is 18.6 Å². The summed E-state index contributed by atoms with van der Waals surface area (Å²) in [5.74, 6) is 0.127. The molecule has 0 unspecified atom stereocenters. The van der Waals surface area contributed by atoms with Crippen molar-refractivity contribution in [2.75, 3.05) is 6.54 Å². The lowest BCUT2D eigenvalue weighted by Gasteiger charge is -1.97. The molecule has 16 heavy (non-hydrogen) atoms. The van der Waals surface area contributed by atoms with Gasteiger partial charge in [-0.25, -0.2) is 0 Å². The van der Waals surface area contributed by atoms with Crippen LogP contribution in [0.15, 0.2) is 41.3 Å². The molecule has 0 atom stereocenters. The summed E-state index contributed by atoms with van der Waals surface area (Å²) in [5, 5.41) is 3.63. The van der Waals surface area contributed by atoms with E-state index in [1.54, 1.807) is 12.1 Å². The van der Waals surface area contributed by atoms with E-state index in [-0.39, 0.29) is 5.91 Å². The molecule has 0 bridgehead atoms. The second kappa shape index (κ2) is 4.23. The highest BCUT2D eigenvalue weighted by Crippen LogP contribution is 2.22. The van der Waals surface area contributed by atoms with Crippen molar-refractivity contribution in [2.45, 2.75) is 6.92 Å². The van der Waals surface area contributed by atoms with E-state index in [1.165, 1.54) is 0 Å². The van der Waals surface area contributed by atoms with Gasteiger partial charge in [0.05, 0.1) is 0 Å². The Hall–Kier alpha value is -2.03. The van der Waals surface area contributed by atoms with Crippen LogP contribution < -0.4 is 5.32 Å². The number of hydrogen-bond donors (Lipinski definition) is 1. The number of rotatable bonds is 3. The zero-order valence-corrected chi connectivity index (χ0v) is 9.12. The van der Waals surface area contributed by atoms with E-state index in [2.05, 4.69) is 11.9 Å². The first kappa shape index (κ1) is 10.5. The third-order valence-corrected chi connectivity index (χ3v) is 2.37. The van der Waals surface area contributed by atoms with Gasteiger partial charge < -0.3 is 9.73 Å². The molecule has 2 aromatic rings. The number of para-hydroxylation sites is 1. The van der Waals surface area contributed by atoms with Gasteiger partial charge in [0.2, 0.25) is 0 Å². The Balaban J connectivity index is 2.36. The van der Waals surface area contributed by atoms with Crippen LogP contribution in [0.25, 0.3) is 11.0 Å². The molecule has 0 spiro atoms. The summed E-state index contributed by atoms with van der Waals surface area (Å²) >= 11 is 0. The number of aryl methyl sites for hydroxylation is 1. The lowest BCUT2D eigenvalue weighted by molar-refractivity contribution is 0.0932. The number of fused-ring (bicyclic) bond motifs is 1. The maximum absolute atomic E-state index is 11.6. The van der Waals surface area contributed by atoms with Crippen molar-refractivity contribution < 1.29 is 9.21 Å². The van der Waals surface area contributed by atoms with E-state index >= 15 is 0 Å². The third kappa shape index (κ3) is 1.84. The van der Waals surface area contributed by atoms with Crippen LogP contribution >= 0.6 is 0 Å². The Bertz CT molecular complexity index is 540. The van der Waals surface area contributed by atoms with Crippen molar-refractivity contribution in [3.8, 4) is 0 Å². The van der Waals surface area contributed by atoms with Crippen molar-refractivity contribution in [1.82, 2.24) is 5.32 Å². The average Bonchev–Trinajstić information content (AvgIpc) is 2.71. The summed E-state index contributed by atoms with van der Waals surface area (Å²) in [6, 6.07) is 7.58. The van der Waals surface area contributed by atoms with Gasteiger partial charge in [-0.15, -0.1) is 6.58 Å². The van der Waals surface area contributed by atoms with Gasteiger partial charge in [-0.3, -0.25) is 4.79 Å². The molecular weight excluding hydrogens is 202 g/mol. The molecular formula is C13H13NO2. The highest BCUT2D eigenvalue weighted by atomic mass is 16.3. The third-order valence-electron chi connectivity index (χ3n) is 2.37. The molecule has 1 heterocycles. The normalized spacial score (nSPS) is 10.3. The molecule has 0 radical (unpaired) electrons. The van der Waals surface area contributed by atoms with Crippen LogP contribution in [-0.2, 0) is 0 Å². The van der Waals surface area contributed by atoms with Gasteiger partial charge in [-0.2, -0.15) is 0 Å². The molecule has 0 aliphatic heterocycles. The second-order valence-electron chi connectivity index (χ2n) is 3.60. The van der Waals surface area contributed by atoms with Gasteiger partial charge in [0.15, 0.2) is 5.76 Å².